The second-order valence-electron chi connectivity index (χ2n) is 7.66. The van der Waals surface area contributed by atoms with E-state index in [2.05, 4.69) is 20.0 Å². The first-order chi connectivity index (χ1) is 15.9. The Morgan fingerprint density at radius 2 is 1.94 bits per heavy atom. The number of halogens is 5. The van der Waals surface area contributed by atoms with Crippen LogP contribution in [-0.2, 0) is 17.8 Å². The van der Waals surface area contributed by atoms with Crippen molar-refractivity contribution in [3.63, 3.8) is 0 Å². The molecule has 0 spiro atoms. The quantitative estimate of drug-likeness (QED) is 0.533. The molecule has 13 heteroatoms. The number of alkyl halides is 3. The van der Waals surface area contributed by atoms with E-state index in [1.165, 1.54) is 4.68 Å². The van der Waals surface area contributed by atoms with Gasteiger partial charge in [-0.3, -0.25) is 4.79 Å². The van der Waals surface area contributed by atoms with E-state index < -0.39 is 12.1 Å². The van der Waals surface area contributed by atoms with Gasteiger partial charge in [0.15, 0.2) is 0 Å². The molecule has 4 rings (SSSR count). The van der Waals surface area contributed by atoms with Gasteiger partial charge in [-0.1, -0.05) is 29.3 Å². The molecule has 2 N–H and O–H groups in total. The summed E-state index contributed by atoms with van der Waals surface area (Å²) in [5.74, 6) is -1.66. The minimum atomic E-state index is -5.08. The van der Waals surface area contributed by atoms with Crippen LogP contribution in [0.3, 0.4) is 0 Å². The van der Waals surface area contributed by atoms with Gasteiger partial charge in [-0.15, -0.1) is 0 Å². The number of hydrogen-bond acceptors (Lipinski definition) is 5. The molecular weight excluding hydrogens is 498 g/mol. The van der Waals surface area contributed by atoms with Gasteiger partial charge in [0.2, 0.25) is 0 Å². The fraction of sp³-hybridized carbons (Fsp3) is 0.333. The molecule has 34 heavy (non-hydrogen) atoms. The van der Waals surface area contributed by atoms with Crippen molar-refractivity contribution in [2.24, 2.45) is 0 Å². The number of nitrogens with zero attached hydrogens (tertiary/aromatic N) is 4. The van der Waals surface area contributed by atoms with Crippen LogP contribution in [0.15, 0.2) is 35.4 Å². The first kappa shape index (κ1) is 25.6. The SMILES string of the molecule is Cc1cn2c(n1)CCC(Nc1cnn(-c3ccc(C)c(Cl)c3)c(=O)c1Cl)C2.O=C(O)C(F)(F)F. The Labute approximate surface area is 201 Å². The molecule has 0 radical (unpaired) electrons. The summed E-state index contributed by atoms with van der Waals surface area (Å²) in [4.78, 5) is 26.1. The molecule has 2 aromatic heterocycles. The second-order valence-corrected chi connectivity index (χ2v) is 8.44. The molecule has 0 amide bonds. The molecule has 182 valence electrons. The highest BCUT2D eigenvalue weighted by Gasteiger charge is 2.38. The van der Waals surface area contributed by atoms with E-state index >= 15 is 0 Å². The average Bonchev–Trinajstić information content (AvgIpc) is 3.13. The highest BCUT2D eigenvalue weighted by Crippen LogP contribution is 2.23. The van der Waals surface area contributed by atoms with Crippen molar-refractivity contribution in [3.05, 3.63) is 68.1 Å². The van der Waals surface area contributed by atoms with E-state index in [4.69, 9.17) is 33.1 Å². The van der Waals surface area contributed by atoms with Gasteiger partial charge in [0.05, 0.1) is 23.3 Å². The molecule has 0 saturated heterocycles. The summed E-state index contributed by atoms with van der Waals surface area (Å²) < 4.78 is 35.1. The third-order valence-corrected chi connectivity index (χ3v) is 5.81. The van der Waals surface area contributed by atoms with E-state index in [0.29, 0.717) is 16.4 Å². The van der Waals surface area contributed by atoms with Crippen LogP contribution in [0.25, 0.3) is 5.69 Å². The summed E-state index contributed by atoms with van der Waals surface area (Å²) in [7, 11) is 0. The number of carbonyl (C=O) groups is 1. The van der Waals surface area contributed by atoms with Crippen LogP contribution in [-0.4, -0.2) is 42.6 Å². The van der Waals surface area contributed by atoms with Gasteiger partial charge >= 0.3 is 12.1 Å². The normalized spacial score (nSPS) is 15.2. The van der Waals surface area contributed by atoms with Gasteiger partial charge in [0.25, 0.3) is 5.56 Å². The van der Waals surface area contributed by atoms with Gasteiger partial charge in [0.1, 0.15) is 10.8 Å². The molecule has 1 aliphatic heterocycles. The van der Waals surface area contributed by atoms with Crippen LogP contribution in [0.4, 0.5) is 18.9 Å². The fourth-order valence-electron chi connectivity index (χ4n) is 3.35. The van der Waals surface area contributed by atoms with Gasteiger partial charge < -0.3 is 15.0 Å². The Morgan fingerprint density at radius 1 is 1.26 bits per heavy atom. The number of hydrogen-bond donors (Lipinski definition) is 2. The number of nitrogens with one attached hydrogen (secondary N) is 1. The maximum atomic E-state index is 12.7. The lowest BCUT2D eigenvalue weighted by molar-refractivity contribution is -0.192. The first-order valence-corrected chi connectivity index (χ1v) is 10.8. The van der Waals surface area contributed by atoms with Crippen LogP contribution in [0.5, 0.6) is 0 Å². The predicted octanol–water partition coefficient (Wildman–Crippen LogP) is 4.41. The lowest BCUT2D eigenvalue weighted by atomic mass is 10.1. The summed E-state index contributed by atoms with van der Waals surface area (Å²) in [6, 6.07) is 5.51. The van der Waals surface area contributed by atoms with Crippen molar-refractivity contribution in [2.75, 3.05) is 5.32 Å². The number of aliphatic carboxylic acids is 1. The Kier molecular flexibility index (Phi) is 7.57. The lowest BCUT2D eigenvalue weighted by Gasteiger charge is -2.25. The topological polar surface area (TPSA) is 102 Å². The van der Waals surface area contributed by atoms with Crippen molar-refractivity contribution in [2.45, 2.75) is 45.5 Å². The molecule has 1 atom stereocenters. The molecule has 0 bridgehead atoms. The maximum absolute atomic E-state index is 12.7. The monoisotopic (exact) mass is 517 g/mol. The van der Waals surface area contributed by atoms with Crippen molar-refractivity contribution < 1.29 is 23.1 Å². The Balaban J connectivity index is 0.000000406. The number of aromatic nitrogens is 4. The number of rotatable bonds is 3. The molecule has 0 saturated carbocycles. The molecule has 0 fully saturated rings. The van der Waals surface area contributed by atoms with E-state index in [1.807, 2.05) is 26.1 Å². The number of benzene rings is 1. The third-order valence-electron chi connectivity index (χ3n) is 5.03. The van der Waals surface area contributed by atoms with E-state index in [-0.39, 0.29) is 16.6 Å². The molecule has 3 heterocycles. The zero-order valence-electron chi connectivity index (χ0n) is 18.0. The summed E-state index contributed by atoms with van der Waals surface area (Å²) in [6.45, 7) is 4.67. The van der Waals surface area contributed by atoms with Gasteiger partial charge in [0, 0.05) is 30.2 Å². The minimum absolute atomic E-state index is 0.120. The molecule has 8 nitrogen and oxygen atoms in total. The average molecular weight is 518 g/mol. The molecule has 0 aliphatic carbocycles. The Bertz CT molecular complexity index is 1270. The summed E-state index contributed by atoms with van der Waals surface area (Å²) in [5.41, 5.74) is 2.70. The fourth-order valence-corrected chi connectivity index (χ4v) is 3.71. The Morgan fingerprint density at radius 3 is 2.56 bits per heavy atom. The standard InChI is InChI=1S/C19H19Cl2N5O.C2HF3O2/c1-11-3-5-14(7-15(11)20)26-19(27)18(21)16(8-22-26)24-13-4-6-17-23-12(2)9-25(17)10-13;3-2(4,5)1(6)7/h3,5,7-9,13,24H,4,6,10H2,1-2H3;(H,6,7). The Hall–Kier alpha value is -3.05. The molecule has 1 aliphatic rings. The van der Waals surface area contributed by atoms with E-state index in [1.54, 1.807) is 18.3 Å². The summed E-state index contributed by atoms with van der Waals surface area (Å²) in [5, 5.41) is 15.5. The predicted molar refractivity (Wildman–Crippen MR) is 121 cm³/mol. The van der Waals surface area contributed by atoms with Gasteiger partial charge in [-0.2, -0.15) is 23.0 Å². The van der Waals surface area contributed by atoms with Crippen LogP contribution >= 0.6 is 23.2 Å². The summed E-state index contributed by atoms with van der Waals surface area (Å²) in [6.07, 6.45) is 0.354. The summed E-state index contributed by atoms with van der Waals surface area (Å²) >= 11 is 12.5. The first-order valence-electron chi connectivity index (χ1n) is 10.0. The van der Waals surface area contributed by atoms with E-state index in [9.17, 15) is 18.0 Å². The number of fused-ring (bicyclic) bond motifs is 1. The van der Waals surface area contributed by atoms with Crippen molar-refractivity contribution >= 4 is 34.9 Å². The van der Waals surface area contributed by atoms with Crippen LogP contribution in [0.1, 0.15) is 23.5 Å². The zero-order valence-corrected chi connectivity index (χ0v) is 19.5. The number of imidazole rings is 1. The second kappa shape index (κ2) is 10.1. The molecular formula is C21H20Cl2F3N5O3. The molecule has 1 unspecified atom stereocenters. The highest BCUT2D eigenvalue weighted by atomic mass is 35.5. The van der Waals surface area contributed by atoms with Crippen molar-refractivity contribution in [1.29, 1.82) is 0 Å². The smallest absolute Gasteiger partial charge is 0.475 e. The van der Waals surface area contributed by atoms with Gasteiger partial charge in [-0.25, -0.2) is 9.78 Å². The van der Waals surface area contributed by atoms with Crippen molar-refractivity contribution in [3.8, 4) is 5.69 Å². The minimum Gasteiger partial charge on any atom is -0.475 e. The number of carboxylic acid groups (broad SMARTS) is 1. The third kappa shape index (κ3) is 5.89. The lowest BCUT2D eigenvalue weighted by Crippen LogP contribution is -2.32. The van der Waals surface area contributed by atoms with Crippen molar-refractivity contribution in [1.82, 2.24) is 19.3 Å². The van der Waals surface area contributed by atoms with Gasteiger partial charge in [-0.05, 0) is 38.0 Å². The maximum Gasteiger partial charge on any atom is 0.490 e. The number of aryl methyl sites for hydroxylation is 3. The molecule has 1 aromatic carbocycles. The largest absolute Gasteiger partial charge is 0.490 e. The highest BCUT2D eigenvalue weighted by molar-refractivity contribution is 6.33. The zero-order chi connectivity index (χ0) is 25.2. The van der Waals surface area contributed by atoms with Crippen LogP contribution < -0.4 is 10.9 Å². The van der Waals surface area contributed by atoms with Crippen LogP contribution in [0.2, 0.25) is 10.0 Å². The molecule has 3 aromatic rings. The number of carboxylic acids is 1. The van der Waals surface area contributed by atoms with Crippen LogP contribution in [0, 0.1) is 13.8 Å². The van der Waals surface area contributed by atoms with E-state index in [0.717, 1.165) is 36.5 Å². The number of anilines is 1.